The van der Waals surface area contributed by atoms with Crippen molar-refractivity contribution in [1.29, 1.82) is 0 Å². The van der Waals surface area contributed by atoms with Gasteiger partial charge in [-0.1, -0.05) is 34.1 Å². The molecule has 1 fully saturated rings. The molecule has 1 aromatic carbocycles. The SMILES string of the molecule is CC.CCC.NC1CCN(C(=O)CNC(=O)c2ccc(Nc3nccn4c(-c5cn[nH]c5C(F)(F)F)cnc34)cc2)CC1. The van der Waals surface area contributed by atoms with E-state index in [0.717, 1.165) is 19.0 Å². The molecule has 1 saturated heterocycles. The number of piperidine rings is 1. The van der Waals surface area contributed by atoms with Crippen LogP contribution in [0.15, 0.2) is 49.1 Å². The first-order valence-corrected chi connectivity index (χ1v) is 14.2. The van der Waals surface area contributed by atoms with Crippen LogP contribution in [0.25, 0.3) is 16.9 Å². The number of imidazole rings is 1. The molecule has 0 atom stereocenters. The molecule has 0 radical (unpaired) electrons. The molecule has 0 spiro atoms. The second-order valence-corrected chi connectivity index (χ2v) is 9.58. The summed E-state index contributed by atoms with van der Waals surface area (Å²) in [6.45, 7) is 9.32. The van der Waals surface area contributed by atoms with Crippen LogP contribution in [0.5, 0.6) is 0 Å². The average Bonchev–Trinajstić information content (AvgIpc) is 3.66. The number of rotatable bonds is 6. The van der Waals surface area contributed by atoms with Gasteiger partial charge in [-0.15, -0.1) is 0 Å². The zero-order valence-electron chi connectivity index (χ0n) is 24.7. The molecule has 5 N–H and O–H groups in total. The largest absolute Gasteiger partial charge is 0.433 e. The topological polar surface area (TPSA) is 146 Å². The van der Waals surface area contributed by atoms with Crippen LogP contribution in [-0.2, 0) is 11.0 Å². The molecular formula is C29H38F3N9O2. The van der Waals surface area contributed by atoms with E-state index >= 15 is 0 Å². The highest BCUT2D eigenvalue weighted by molar-refractivity contribution is 5.96. The number of carbonyl (C=O) groups excluding carboxylic acids is 2. The molecule has 11 nitrogen and oxygen atoms in total. The molecule has 4 heterocycles. The number of H-pyrrole nitrogens is 1. The number of carbonyl (C=O) groups is 2. The van der Waals surface area contributed by atoms with E-state index in [4.69, 9.17) is 5.73 Å². The highest BCUT2D eigenvalue weighted by Crippen LogP contribution is 2.36. The Morgan fingerprint density at radius 3 is 2.35 bits per heavy atom. The van der Waals surface area contributed by atoms with Crippen LogP contribution < -0.4 is 16.4 Å². The van der Waals surface area contributed by atoms with Crippen LogP contribution in [0, 0.1) is 0 Å². The van der Waals surface area contributed by atoms with Crippen molar-refractivity contribution in [1.82, 2.24) is 34.8 Å². The summed E-state index contributed by atoms with van der Waals surface area (Å²) >= 11 is 0. The van der Waals surface area contributed by atoms with Gasteiger partial charge >= 0.3 is 6.18 Å². The van der Waals surface area contributed by atoms with Crippen LogP contribution in [0.3, 0.4) is 0 Å². The molecule has 43 heavy (non-hydrogen) atoms. The number of alkyl halides is 3. The second kappa shape index (κ2) is 15.1. The fourth-order valence-corrected chi connectivity index (χ4v) is 4.26. The minimum absolute atomic E-state index is 0.102. The molecule has 1 aliphatic rings. The molecule has 0 unspecified atom stereocenters. The summed E-state index contributed by atoms with van der Waals surface area (Å²) in [4.78, 5) is 35.0. The molecule has 3 aromatic heterocycles. The predicted octanol–water partition coefficient (Wildman–Crippen LogP) is 5.00. The summed E-state index contributed by atoms with van der Waals surface area (Å²) in [6, 6.07) is 6.57. The van der Waals surface area contributed by atoms with Gasteiger partial charge in [0.1, 0.15) is 5.69 Å². The van der Waals surface area contributed by atoms with Crippen molar-refractivity contribution in [2.75, 3.05) is 25.0 Å². The van der Waals surface area contributed by atoms with Crippen LogP contribution in [0.2, 0.25) is 0 Å². The zero-order chi connectivity index (χ0) is 31.6. The Kier molecular flexibility index (Phi) is 11.6. The zero-order valence-corrected chi connectivity index (χ0v) is 24.7. The van der Waals surface area contributed by atoms with E-state index in [1.54, 1.807) is 29.2 Å². The number of nitrogens with one attached hydrogen (secondary N) is 3. The van der Waals surface area contributed by atoms with Crippen LogP contribution in [-0.4, -0.2) is 67.0 Å². The number of amides is 2. The number of aromatic nitrogens is 5. The number of hydrogen-bond acceptors (Lipinski definition) is 7. The minimum atomic E-state index is -4.60. The smallest absolute Gasteiger partial charge is 0.343 e. The van der Waals surface area contributed by atoms with Crippen molar-refractivity contribution in [3.8, 4) is 11.3 Å². The maximum atomic E-state index is 13.3. The van der Waals surface area contributed by atoms with E-state index in [-0.39, 0.29) is 29.8 Å². The van der Waals surface area contributed by atoms with Crippen molar-refractivity contribution in [3.63, 3.8) is 0 Å². The quantitative estimate of drug-likeness (QED) is 0.243. The van der Waals surface area contributed by atoms with Crippen LogP contribution in [0.4, 0.5) is 24.7 Å². The number of benzene rings is 1. The third-order valence-corrected chi connectivity index (χ3v) is 6.33. The summed E-state index contributed by atoms with van der Waals surface area (Å²) in [7, 11) is 0. The van der Waals surface area contributed by atoms with E-state index in [9.17, 15) is 22.8 Å². The Balaban J connectivity index is 0.000000953. The Labute approximate surface area is 248 Å². The van der Waals surface area contributed by atoms with Gasteiger partial charge in [-0.2, -0.15) is 18.3 Å². The van der Waals surface area contributed by atoms with Gasteiger partial charge in [0.15, 0.2) is 11.5 Å². The Morgan fingerprint density at radius 2 is 1.72 bits per heavy atom. The van der Waals surface area contributed by atoms with Gasteiger partial charge in [-0.05, 0) is 37.1 Å². The van der Waals surface area contributed by atoms with Gasteiger partial charge in [0, 0.05) is 42.8 Å². The van der Waals surface area contributed by atoms with Gasteiger partial charge in [0.2, 0.25) is 5.91 Å². The van der Waals surface area contributed by atoms with Crippen molar-refractivity contribution in [2.24, 2.45) is 5.73 Å². The molecule has 2 amide bonds. The number of fused-ring (bicyclic) bond motifs is 1. The lowest BCUT2D eigenvalue weighted by molar-refractivity contribution is -0.140. The summed E-state index contributed by atoms with van der Waals surface area (Å²) in [6.07, 6.45) is 3.48. The fourth-order valence-electron chi connectivity index (χ4n) is 4.26. The third-order valence-electron chi connectivity index (χ3n) is 6.33. The number of hydrogen-bond donors (Lipinski definition) is 4. The van der Waals surface area contributed by atoms with Crippen molar-refractivity contribution in [3.05, 3.63) is 60.3 Å². The van der Waals surface area contributed by atoms with E-state index in [1.807, 2.05) is 18.9 Å². The number of nitrogens with zero attached hydrogens (tertiary/aromatic N) is 5. The Hall–Kier alpha value is -4.46. The number of aromatic amines is 1. The second-order valence-electron chi connectivity index (χ2n) is 9.58. The Morgan fingerprint density at radius 1 is 1.07 bits per heavy atom. The molecule has 14 heteroatoms. The molecule has 0 saturated carbocycles. The highest BCUT2D eigenvalue weighted by atomic mass is 19.4. The first-order chi connectivity index (χ1) is 20.6. The molecular weight excluding hydrogens is 563 g/mol. The first-order valence-electron chi connectivity index (χ1n) is 14.2. The summed E-state index contributed by atoms with van der Waals surface area (Å²) in [5.41, 5.74) is 6.18. The number of anilines is 2. The number of likely N-dealkylation sites (tertiary alicyclic amines) is 1. The summed E-state index contributed by atoms with van der Waals surface area (Å²) in [5.74, 6) is -0.239. The number of nitrogens with two attached hydrogens (primary N) is 1. The van der Waals surface area contributed by atoms with Gasteiger partial charge < -0.3 is 21.3 Å². The maximum absolute atomic E-state index is 13.3. The fraction of sp³-hybridized carbons (Fsp3) is 0.414. The van der Waals surface area contributed by atoms with Crippen LogP contribution in [0.1, 0.15) is 63.0 Å². The van der Waals surface area contributed by atoms with E-state index in [0.29, 0.717) is 35.8 Å². The summed E-state index contributed by atoms with van der Waals surface area (Å²) in [5, 5.41) is 11.2. The lowest BCUT2D eigenvalue weighted by Crippen LogP contribution is -2.46. The lowest BCUT2D eigenvalue weighted by atomic mass is 10.1. The average molecular weight is 602 g/mol. The summed E-state index contributed by atoms with van der Waals surface area (Å²) < 4.78 is 41.5. The molecule has 0 aliphatic carbocycles. The van der Waals surface area contributed by atoms with E-state index in [1.165, 1.54) is 29.4 Å². The van der Waals surface area contributed by atoms with Crippen molar-refractivity contribution >= 4 is 29.0 Å². The molecule has 4 aromatic rings. The van der Waals surface area contributed by atoms with Crippen molar-refractivity contribution < 1.29 is 22.8 Å². The van der Waals surface area contributed by atoms with E-state index in [2.05, 4.69) is 39.5 Å². The van der Waals surface area contributed by atoms with Crippen LogP contribution >= 0.6 is 0 Å². The predicted molar refractivity (Wildman–Crippen MR) is 159 cm³/mol. The molecule has 232 valence electrons. The Bertz CT molecular complexity index is 1470. The molecule has 1 aliphatic heterocycles. The monoisotopic (exact) mass is 601 g/mol. The molecule has 5 rings (SSSR count). The third kappa shape index (κ3) is 8.31. The number of halogens is 3. The van der Waals surface area contributed by atoms with Gasteiger partial charge in [-0.25, -0.2) is 9.97 Å². The van der Waals surface area contributed by atoms with Gasteiger partial charge in [0.05, 0.1) is 30.2 Å². The first kappa shape index (κ1) is 33.0. The van der Waals surface area contributed by atoms with Gasteiger partial charge in [0.25, 0.3) is 5.91 Å². The maximum Gasteiger partial charge on any atom is 0.433 e. The standard InChI is InChI=1S/C24H24F3N9O2.C3H8.C2H6/c25-24(26,27)20-17(11-32-34-20)18-12-30-22-21(29-7-10-36(18)22)33-16-3-1-14(2-4-16)23(38)31-13-19(37)35-8-5-15(28)6-9-35;1-3-2;1-2/h1-4,7,10-12,15H,5-6,8-9,13,28H2,(H,29,33)(H,31,38)(H,32,34);3H2,1-2H3;1-2H3. The highest BCUT2D eigenvalue weighted by Gasteiger charge is 2.36. The van der Waals surface area contributed by atoms with Gasteiger partial charge in [-0.3, -0.25) is 19.1 Å². The van der Waals surface area contributed by atoms with Crippen molar-refractivity contribution in [2.45, 2.75) is 59.2 Å². The normalized spacial score (nSPS) is 13.4. The van der Waals surface area contributed by atoms with E-state index < -0.39 is 17.8 Å². The molecule has 0 bridgehead atoms. The minimum Gasteiger partial charge on any atom is -0.343 e. The lowest BCUT2D eigenvalue weighted by Gasteiger charge is -2.30.